The fourth-order valence-electron chi connectivity index (χ4n) is 1.52. The maximum Gasteiger partial charge on any atom is 0.257 e. The summed E-state index contributed by atoms with van der Waals surface area (Å²) >= 11 is 7.09. The van der Waals surface area contributed by atoms with Crippen LogP contribution >= 0.6 is 48.6 Å². The monoisotopic (exact) mass is 579 g/mol. The van der Waals surface area contributed by atoms with Crippen LogP contribution in [0.1, 0.15) is 0 Å². The number of fused-ring (bicyclic) bond motifs is 2. The van der Waals surface area contributed by atoms with E-state index in [0.29, 0.717) is 13.3 Å². The number of rotatable bonds is 0. The molecule has 88 valence electrons. The first-order chi connectivity index (χ1) is 8.35. The van der Waals surface area contributed by atoms with Crippen molar-refractivity contribution in [3.63, 3.8) is 0 Å². The van der Waals surface area contributed by atoms with E-state index in [9.17, 15) is 0 Å². The average molecular weight is 579 g/mol. The van der Waals surface area contributed by atoms with Crippen molar-refractivity contribution in [2.75, 3.05) is 0 Å². The Hall–Kier alpha value is 0.650. The Labute approximate surface area is 134 Å². The maximum absolute atomic E-state index is 4.59. The predicted molar refractivity (Wildman–Crippen MR) is 89.6 cm³/mol. The minimum Gasteiger partial charge on any atom is -0.237 e. The Bertz CT molecular complexity index is 525. The first-order valence-corrected chi connectivity index (χ1v) is 18.2. The summed E-state index contributed by atoms with van der Waals surface area (Å²) in [6.07, 6.45) is 0. The molecule has 0 atom stereocenters. The second-order valence-electron chi connectivity index (χ2n) is 3.20. The molecule has 0 aliphatic carbocycles. The van der Waals surface area contributed by atoms with Crippen molar-refractivity contribution in [2.45, 2.75) is 0 Å². The van der Waals surface area contributed by atoms with E-state index in [2.05, 4.69) is 78.6 Å². The Balaban J connectivity index is 0.000000329. The Morgan fingerprint density at radius 2 is 1.24 bits per heavy atom. The number of halogens is 3. The van der Waals surface area contributed by atoms with Gasteiger partial charge in [0.15, 0.2) is 0 Å². The van der Waals surface area contributed by atoms with Gasteiger partial charge < -0.3 is 0 Å². The van der Waals surface area contributed by atoms with Crippen LogP contribution in [0.4, 0.5) is 0 Å². The molecule has 3 rings (SSSR count). The largest absolute Gasteiger partial charge is 0.257 e. The summed E-state index contributed by atoms with van der Waals surface area (Å²) in [4.78, 5) is 4.59. The van der Waals surface area contributed by atoms with E-state index in [-0.39, 0.29) is 0 Å². The van der Waals surface area contributed by atoms with Crippen molar-refractivity contribution in [1.29, 1.82) is 0 Å². The quantitative estimate of drug-likeness (QED) is 0.227. The van der Waals surface area contributed by atoms with Gasteiger partial charge in [0.25, 0.3) is 9.40 Å². The van der Waals surface area contributed by atoms with Crippen LogP contribution in [0.5, 0.6) is 0 Å². The molecule has 0 fully saturated rings. The molecular formula is C12H8I3NS. The molecule has 0 saturated carbocycles. The van der Waals surface area contributed by atoms with Gasteiger partial charge >= 0.3 is 50.5 Å². The first-order valence-electron chi connectivity index (χ1n) is 4.80. The van der Waals surface area contributed by atoms with E-state index in [0.717, 1.165) is 11.0 Å². The maximum atomic E-state index is 4.59. The molecule has 0 aliphatic rings. The summed E-state index contributed by atoms with van der Waals surface area (Å²) < 4.78 is 2.48. The van der Waals surface area contributed by atoms with Crippen LogP contribution < -0.4 is 13.3 Å². The molecule has 1 nitrogen and oxygen atoms in total. The second-order valence-corrected chi connectivity index (χ2v) is 20.5. The Morgan fingerprint density at radius 3 is 1.71 bits per heavy atom. The van der Waals surface area contributed by atoms with Gasteiger partial charge in [-0.2, -0.15) is 0 Å². The molecule has 0 spiro atoms. The van der Waals surface area contributed by atoms with Gasteiger partial charge in [0.1, 0.15) is 11.0 Å². The minimum absolute atomic E-state index is 0.530. The SMILES string of the molecule is I[I-]I.c1ccc2[s+]c3ccccc3nc2c1. The van der Waals surface area contributed by atoms with Gasteiger partial charge in [-0.05, 0) is 12.1 Å². The number of para-hydroxylation sites is 2. The summed E-state index contributed by atoms with van der Waals surface area (Å²) in [6.45, 7) is 0. The number of nitrogens with zero attached hydrogens (tertiary/aromatic N) is 1. The van der Waals surface area contributed by atoms with E-state index < -0.39 is 0 Å². The fourth-order valence-corrected chi connectivity index (χ4v) is 2.49. The molecule has 5 heteroatoms. The van der Waals surface area contributed by atoms with Gasteiger partial charge in [0, 0.05) is 12.1 Å². The number of hydrogen-bond donors (Lipinski definition) is 0. The molecule has 0 radical (unpaired) electrons. The summed E-state index contributed by atoms with van der Waals surface area (Å²) in [5, 5.41) is 0. The third-order valence-electron chi connectivity index (χ3n) is 2.19. The summed E-state index contributed by atoms with van der Waals surface area (Å²) in [5.74, 6) is 0. The van der Waals surface area contributed by atoms with Gasteiger partial charge in [0.2, 0.25) is 11.3 Å². The van der Waals surface area contributed by atoms with Crippen LogP contribution in [0.15, 0.2) is 48.5 Å². The van der Waals surface area contributed by atoms with Gasteiger partial charge in [-0.1, -0.05) is 24.3 Å². The van der Waals surface area contributed by atoms with Crippen LogP contribution in [0.2, 0.25) is 0 Å². The number of hydrogen-bond acceptors (Lipinski definition) is 1. The van der Waals surface area contributed by atoms with Crippen molar-refractivity contribution in [3.8, 4) is 0 Å². The molecule has 1 aromatic heterocycles. The van der Waals surface area contributed by atoms with E-state index in [1.807, 2.05) is 12.1 Å². The molecule has 0 bridgehead atoms. The van der Waals surface area contributed by atoms with Gasteiger partial charge in [0.05, 0.1) is 0 Å². The molecule has 17 heavy (non-hydrogen) atoms. The van der Waals surface area contributed by atoms with Crippen LogP contribution in [0.3, 0.4) is 0 Å². The van der Waals surface area contributed by atoms with Crippen molar-refractivity contribution in [3.05, 3.63) is 48.5 Å². The molecule has 2 aromatic carbocycles. The normalized spacial score (nSPS) is 10.2. The molecule has 0 amide bonds. The number of benzene rings is 2. The molecule has 1 heterocycles. The molecule has 0 N–H and O–H groups in total. The Kier molecular flexibility index (Phi) is 6.03. The molecule has 3 aromatic rings. The van der Waals surface area contributed by atoms with E-state index in [1.54, 1.807) is 11.3 Å². The average Bonchev–Trinajstić information content (AvgIpc) is 2.37. The first kappa shape index (κ1) is 14.1. The molecule has 0 aliphatic heterocycles. The smallest absolute Gasteiger partial charge is 0.237 e. The van der Waals surface area contributed by atoms with E-state index in [1.165, 1.54) is 9.40 Å². The van der Waals surface area contributed by atoms with Crippen molar-refractivity contribution < 1.29 is 13.3 Å². The zero-order valence-electron chi connectivity index (χ0n) is 8.61. The third kappa shape index (κ3) is 3.80. The number of aromatic nitrogens is 1. The van der Waals surface area contributed by atoms with Crippen LogP contribution in [-0.2, 0) is 0 Å². The summed E-state index contributed by atoms with van der Waals surface area (Å²) in [7, 11) is 0. The van der Waals surface area contributed by atoms with Crippen LogP contribution in [0.25, 0.3) is 20.4 Å². The van der Waals surface area contributed by atoms with E-state index >= 15 is 0 Å². The van der Waals surface area contributed by atoms with Crippen LogP contribution in [-0.4, -0.2) is 4.98 Å². The van der Waals surface area contributed by atoms with E-state index in [4.69, 9.17) is 0 Å². The molecule has 0 unspecified atom stereocenters. The van der Waals surface area contributed by atoms with Gasteiger partial charge in [-0.3, -0.25) is 0 Å². The van der Waals surface area contributed by atoms with Gasteiger partial charge in [-0.15, -0.1) is 0 Å². The topological polar surface area (TPSA) is 12.9 Å². The van der Waals surface area contributed by atoms with Crippen molar-refractivity contribution in [2.24, 2.45) is 0 Å². The molecule has 0 saturated heterocycles. The standard InChI is InChI=1S/C12H8NS.I3/c1-3-7-11-9(5-1)13-10-6-2-4-8-12(10)14-11;1-3-2/h1-8H;/q+1;-1. The molecular weight excluding hydrogens is 571 g/mol. The van der Waals surface area contributed by atoms with Gasteiger partial charge in [-0.25, -0.2) is 4.98 Å². The second kappa shape index (κ2) is 7.29. The van der Waals surface area contributed by atoms with Crippen molar-refractivity contribution in [1.82, 2.24) is 4.98 Å². The minimum atomic E-state index is 0.530. The van der Waals surface area contributed by atoms with Crippen molar-refractivity contribution >= 4 is 69.0 Å². The third-order valence-corrected chi connectivity index (χ3v) is 3.32. The zero-order chi connectivity index (χ0) is 12.1. The Morgan fingerprint density at radius 1 is 0.824 bits per heavy atom. The van der Waals surface area contributed by atoms with Crippen LogP contribution in [0, 0.1) is 0 Å². The summed E-state index contributed by atoms with van der Waals surface area (Å²) in [6, 6.07) is 16.5. The fraction of sp³-hybridized carbons (Fsp3) is 0. The predicted octanol–water partition coefficient (Wildman–Crippen LogP) is 2.51. The summed E-state index contributed by atoms with van der Waals surface area (Å²) in [5.41, 5.74) is 2.16. The zero-order valence-corrected chi connectivity index (χ0v) is 15.9.